The molecule has 0 saturated heterocycles. The van der Waals surface area contributed by atoms with Gasteiger partial charge < -0.3 is 4.55 Å². The quantitative estimate of drug-likeness (QED) is 0.246. The molecular weight excluding hydrogens is 207 g/mol. The predicted octanol–water partition coefficient (Wildman–Crippen LogP) is -1.71. The van der Waals surface area contributed by atoms with Crippen LogP contribution in [0, 0.1) is 0 Å². The Morgan fingerprint density at radius 2 is 1.75 bits per heavy atom. The first-order chi connectivity index (χ1) is 5.06. The fourth-order valence-electron chi connectivity index (χ4n) is 0.305. The summed E-state index contributed by atoms with van der Waals surface area (Å²) in [6.07, 6.45) is 1.41. The first kappa shape index (κ1) is 19.1. The van der Waals surface area contributed by atoms with Crippen molar-refractivity contribution >= 4 is 10.4 Å². The Kier molecular flexibility index (Phi) is 19.9. The molecule has 12 heavy (non-hydrogen) atoms. The minimum absolute atomic E-state index is 0. The summed E-state index contributed by atoms with van der Waals surface area (Å²) in [5.41, 5.74) is 0. The maximum absolute atomic E-state index is 9.73. The van der Waals surface area contributed by atoms with Gasteiger partial charge in [-0.15, -0.1) is 0 Å². The molecule has 0 bridgehead atoms. The fraction of sp³-hybridized carbons (Fsp3) is 1.00. The van der Waals surface area contributed by atoms with E-state index in [0.29, 0.717) is 6.42 Å². The van der Waals surface area contributed by atoms with Gasteiger partial charge in [-0.1, -0.05) is 27.2 Å². The summed E-state index contributed by atoms with van der Waals surface area (Å²) in [4.78, 5) is 0. The van der Waals surface area contributed by atoms with Gasteiger partial charge in [-0.2, -0.15) is 0 Å². The van der Waals surface area contributed by atoms with Crippen molar-refractivity contribution in [3.05, 3.63) is 0 Å². The molecule has 6 heteroatoms. The Labute approximate surface area is 117 Å². The van der Waals surface area contributed by atoms with Crippen LogP contribution in [0.25, 0.3) is 0 Å². The molecule has 0 saturated carbocycles. The van der Waals surface area contributed by atoms with Crippen LogP contribution in [0.2, 0.25) is 0 Å². The van der Waals surface area contributed by atoms with Crippen molar-refractivity contribution in [3.8, 4) is 0 Å². The Morgan fingerprint density at radius 1 is 1.33 bits per heavy atom. The summed E-state index contributed by atoms with van der Waals surface area (Å²) >= 11 is 0. The van der Waals surface area contributed by atoms with Gasteiger partial charge >= 0.3 is 51.4 Å². The van der Waals surface area contributed by atoms with Crippen molar-refractivity contribution in [1.82, 2.24) is 0 Å². The van der Waals surface area contributed by atoms with Crippen molar-refractivity contribution in [2.45, 2.75) is 33.6 Å². The van der Waals surface area contributed by atoms with E-state index in [-0.39, 0.29) is 58.0 Å². The van der Waals surface area contributed by atoms with Gasteiger partial charge in [0.25, 0.3) is 0 Å². The molecule has 0 unspecified atom stereocenters. The SMILES string of the molecule is CC.CCCCOS(=O)(=O)[O-].[K+]. The third-order valence-corrected chi connectivity index (χ3v) is 1.18. The van der Waals surface area contributed by atoms with Gasteiger partial charge in [0, 0.05) is 0 Å². The third-order valence-electron chi connectivity index (χ3n) is 0.726. The van der Waals surface area contributed by atoms with Crippen LogP contribution < -0.4 is 51.4 Å². The molecule has 0 aromatic carbocycles. The minimum Gasteiger partial charge on any atom is -0.726 e. The van der Waals surface area contributed by atoms with Crippen molar-refractivity contribution in [3.63, 3.8) is 0 Å². The van der Waals surface area contributed by atoms with Gasteiger partial charge in [-0.3, -0.25) is 4.18 Å². The smallest absolute Gasteiger partial charge is 0.726 e. The average Bonchev–Trinajstić information content (AvgIpc) is 1.90. The molecule has 0 rings (SSSR count). The summed E-state index contributed by atoms with van der Waals surface area (Å²) in [6, 6.07) is 0. The van der Waals surface area contributed by atoms with E-state index in [9.17, 15) is 13.0 Å². The van der Waals surface area contributed by atoms with Crippen LogP contribution in [-0.4, -0.2) is 19.6 Å². The molecule has 0 amide bonds. The van der Waals surface area contributed by atoms with Crippen molar-refractivity contribution < 1.29 is 68.5 Å². The molecule has 0 aromatic heterocycles. The predicted molar refractivity (Wildman–Crippen MR) is 41.9 cm³/mol. The first-order valence-electron chi connectivity index (χ1n) is 3.66. The van der Waals surface area contributed by atoms with E-state index in [1.54, 1.807) is 0 Å². The van der Waals surface area contributed by atoms with Gasteiger partial charge in [0.15, 0.2) is 0 Å². The van der Waals surface area contributed by atoms with Crippen LogP contribution in [0.1, 0.15) is 33.6 Å². The van der Waals surface area contributed by atoms with E-state index in [0.717, 1.165) is 6.42 Å². The number of rotatable bonds is 4. The Balaban J connectivity index is -0.000000249. The zero-order chi connectivity index (χ0) is 9.33. The summed E-state index contributed by atoms with van der Waals surface area (Å²) in [6.45, 7) is 5.88. The molecular formula is C6H15KO4S. The van der Waals surface area contributed by atoms with E-state index in [1.807, 2.05) is 20.8 Å². The zero-order valence-electron chi connectivity index (χ0n) is 8.16. The van der Waals surface area contributed by atoms with E-state index >= 15 is 0 Å². The molecule has 4 nitrogen and oxygen atoms in total. The zero-order valence-corrected chi connectivity index (χ0v) is 12.1. The Bertz CT molecular complexity index is 155. The van der Waals surface area contributed by atoms with Crippen molar-refractivity contribution in [2.75, 3.05) is 6.61 Å². The number of hydrogen-bond donors (Lipinski definition) is 0. The van der Waals surface area contributed by atoms with E-state index in [2.05, 4.69) is 4.18 Å². The van der Waals surface area contributed by atoms with E-state index < -0.39 is 10.4 Å². The fourth-order valence-corrected chi connectivity index (χ4v) is 0.627. The molecule has 0 aliphatic rings. The van der Waals surface area contributed by atoms with Crippen molar-refractivity contribution in [2.24, 2.45) is 0 Å². The topological polar surface area (TPSA) is 66.4 Å². The van der Waals surface area contributed by atoms with Crippen molar-refractivity contribution in [1.29, 1.82) is 0 Å². The summed E-state index contributed by atoms with van der Waals surface area (Å²) < 4.78 is 33.1. The van der Waals surface area contributed by atoms with E-state index in [4.69, 9.17) is 0 Å². The molecule has 70 valence electrons. The van der Waals surface area contributed by atoms with Crippen LogP contribution in [0.15, 0.2) is 0 Å². The van der Waals surface area contributed by atoms with Gasteiger partial charge in [-0.25, -0.2) is 8.42 Å². The van der Waals surface area contributed by atoms with Crippen LogP contribution in [-0.2, 0) is 14.6 Å². The number of unbranched alkanes of at least 4 members (excludes halogenated alkanes) is 1. The van der Waals surface area contributed by atoms with Gasteiger partial charge in [0.1, 0.15) is 0 Å². The average molecular weight is 222 g/mol. The van der Waals surface area contributed by atoms with Crippen LogP contribution in [0.5, 0.6) is 0 Å². The molecule has 0 radical (unpaired) electrons. The summed E-state index contributed by atoms with van der Waals surface area (Å²) in [5, 5.41) is 0. The van der Waals surface area contributed by atoms with Gasteiger partial charge in [-0.05, 0) is 6.42 Å². The molecule has 0 heterocycles. The molecule has 0 aromatic rings. The van der Waals surface area contributed by atoms with E-state index in [1.165, 1.54) is 0 Å². The standard InChI is InChI=1S/C4H10O4S.C2H6.K/c1-2-3-4-8-9(5,6)7;1-2;/h2-4H2,1H3,(H,5,6,7);1-2H3;/q;;+1/p-1. The molecule has 0 fully saturated rings. The molecule has 0 N–H and O–H groups in total. The molecule has 0 aliphatic heterocycles. The summed E-state index contributed by atoms with van der Waals surface area (Å²) in [5.74, 6) is 0. The maximum atomic E-state index is 9.73. The maximum Gasteiger partial charge on any atom is 1.00 e. The van der Waals surface area contributed by atoms with Gasteiger partial charge in [0.05, 0.1) is 6.61 Å². The normalized spacial score (nSPS) is 9.33. The Morgan fingerprint density at radius 3 is 2.00 bits per heavy atom. The molecule has 0 aliphatic carbocycles. The first-order valence-corrected chi connectivity index (χ1v) is 5.00. The van der Waals surface area contributed by atoms with Crippen LogP contribution >= 0.6 is 0 Å². The number of hydrogen-bond acceptors (Lipinski definition) is 4. The molecule has 0 spiro atoms. The second kappa shape index (κ2) is 12.5. The minimum atomic E-state index is -4.45. The van der Waals surface area contributed by atoms with Crippen LogP contribution in [0.4, 0.5) is 0 Å². The third kappa shape index (κ3) is 22.5. The van der Waals surface area contributed by atoms with Crippen LogP contribution in [0.3, 0.4) is 0 Å². The summed E-state index contributed by atoms with van der Waals surface area (Å²) in [7, 11) is -4.45. The largest absolute Gasteiger partial charge is 1.00 e. The second-order valence-corrected chi connectivity index (χ2v) is 2.64. The monoisotopic (exact) mass is 222 g/mol. The molecule has 0 atom stereocenters. The Hall–Kier alpha value is 1.51. The van der Waals surface area contributed by atoms with Gasteiger partial charge in [0.2, 0.25) is 10.4 Å². The second-order valence-electron chi connectivity index (χ2n) is 1.58.